The van der Waals surface area contributed by atoms with E-state index in [1.54, 1.807) is 33.1 Å². The number of alkyl halides is 3. The van der Waals surface area contributed by atoms with Crippen LogP contribution in [0.1, 0.15) is 42.9 Å². The number of nitrogens with one attached hydrogen (secondary N) is 1. The summed E-state index contributed by atoms with van der Waals surface area (Å²) in [5.41, 5.74) is 0.114. The van der Waals surface area contributed by atoms with E-state index in [0.29, 0.717) is 53.4 Å². The van der Waals surface area contributed by atoms with Crippen LogP contribution < -0.4 is 14.8 Å². The van der Waals surface area contributed by atoms with Crippen molar-refractivity contribution in [1.82, 2.24) is 15.0 Å². The molecule has 3 aromatic rings. The van der Waals surface area contributed by atoms with Gasteiger partial charge >= 0.3 is 6.18 Å². The van der Waals surface area contributed by atoms with Crippen LogP contribution in [0.3, 0.4) is 0 Å². The Bertz CT molecular complexity index is 1140. The molecule has 0 spiro atoms. The molecule has 33 heavy (non-hydrogen) atoms. The molecule has 176 valence electrons. The number of anilines is 1. The average molecular weight is 462 g/mol. The van der Waals surface area contributed by atoms with Crippen LogP contribution >= 0.6 is 0 Å². The minimum Gasteiger partial charge on any atom is -0.493 e. The van der Waals surface area contributed by atoms with Gasteiger partial charge in [-0.25, -0.2) is 9.97 Å². The highest BCUT2D eigenvalue weighted by atomic mass is 19.4. The Kier molecular flexibility index (Phi) is 6.55. The second kappa shape index (κ2) is 9.38. The molecule has 0 aliphatic heterocycles. The smallest absolute Gasteiger partial charge is 0.416 e. The monoisotopic (exact) mass is 462 g/mol. The molecular formula is C23H25F3N4O3. The fourth-order valence-corrected chi connectivity index (χ4v) is 3.38. The number of benzene rings is 1. The lowest BCUT2D eigenvalue weighted by molar-refractivity contribution is -0.137. The van der Waals surface area contributed by atoms with Crippen molar-refractivity contribution < 1.29 is 27.4 Å². The van der Waals surface area contributed by atoms with Crippen LogP contribution in [0.5, 0.6) is 11.5 Å². The number of hydrogen-bond donors (Lipinski definition) is 1. The highest BCUT2D eigenvalue weighted by Gasteiger charge is 2.31. The van der Waals surface area contributed by atoms with Crippen LogP contribution in [0.15, 0.2) is 30.5 Å². The second-order valence-corrected chi connectivity index (χ2v) is 7.89. The van der Waals surface area contributed by atoms with Crippen LogP contribution in [0.25, 0.3) is 10.9 Å². The fourth-order valence-electron chi connectivity index (χ4n) is 3.38. The van der Waals surface area contributed by atoms with Crippen molar-refractivity contribution in [1.29, 1.82) is 0 Å². The topological polar surface area (TPSA) is 78.4 Å². The van der Waals surface area contributed by atoms with Gasteiger partial charge in [-0.05, 0) is 44.9 Å². The molecule has 1 N–H and O–H groups in total. The van der Waals surface area contributed by atoms with E-state index < -0.39 is 17.8 Å². The third kappa shape index (κ3) is 5.62. The van der Waals surface area contributed by atoms with Gasteiger partial charge in [-0.2, -0.15) is 13.2 Å². The standard InChI is InChI=1S/C23H25F3N4O3/c1-13(18-10-15(6-7-27-18)23(24,25)26)28-22-17-11-21(33-9-8-32-16-4-5-16)20(31-3)12-19(17)29-14(2)30-22/h6-7,10-13,16H,4-5,8-9H2,1-3H3,(H,28,29,30)/t13-/m1/s1. The molecule has 1 atom stereocenters. The number of methoxy groups -OCH3 is 1. The zero-order valence-corrected chi connectivity index (χ0v) is 18.6. The van der Waals surface area contributed by atoms with Crippen LogP contribution in [0.2, 0.25) is 0 Å². The Labute approximate surface area is 189 Å². The van der Waals surface area contributed by atoms with E-state index in [4.69, 9.17) is 14.2 Å². The Hall–Kier alpha value is -3.14. The molecule has 1 aliphatic carbocycles. The summed E-state index contributed by atoms with van der Waals surface area (Å²) in [6, 6.07) is 4.95. The zero-order chi connectivity index (χ0) is 23.6. The molecule has 1 fully saturated rings. The summed E-state index contributed by atoms with van der Waals surface area (Å²) in [6.45, 7) is 4.30. The predicted molar refractivity (Wildman–Crippen MR) is 117 cm³/mol. The molecule has 4 rings (SSSR count). The summed E-state index contributed by atoms with van der Waals surface area (Å²) in [6.07, 6.45) is -0.777. The Morgan fingerprint density at radius 1 is 1.12 bits per heavy atom. The van der Waals surface area contributed by atoms with Gasteiger partial charge in [0.25, 0.3) is 0 Å². The molecular weight excluding hydrogens is 437 g/mol. The summed E-state index contributed by atoms with van der Waals surface area (Å²) in [7, 11) is 1.54. The molecule has 2 heterocycles. The first-order valence-electron chi connectivity index (χ1n) is 10.6. The van der Waals surface area contributed by atoms with Crippen molar-refractivity contribution in [3.8, 4) is 11.5 Å². The molecule has 1 aromatic carbocycles. The quantitative estimate of drug-likeness (QED) is 0.444. The molecule has 10 heteroatoms. The van der Waals surface area contributed by atoms with Crippen molar-refractivity contribution in [2.24, 2.45) is 0 Å². The number of fused-ring (bicyclic) bond motifs is 1. The van der Waals surface area contributed by atoms with Crippen LogP contribution in [0.4, 0.5) is 19.0 Å². The summed E-state index contributed by atoms with van der Waals surface area (Å²) < 4.78 is 56.3. The van der Waals surface area contributed by atoms with Crippen LogP contribution in [0, 0.1) is 6.92 Å². The van der Waals surface area contributed by atoms with Crippen LogP contribution in [-0.2, 0) is 10.9 Å². The third-order valence-electron chi connectivity index (χ3n) is 5.22. The first-order valence-corrected chi connectivity index (χ1v) is 10.6. The highest BCUT2D eigenvalue weighted by molar-refractivity contribution is 5.92. The van der Waals surface area contributed by atoms with Crippen molar-refractivity contribution in [2.45, 2.75) is 45.0 Å². The van der Waals surface area contributed by atoms with E-state index in [9.17, 15) is 13.2 Å². The van der Waals surface area contributed by atoms with E-state index in [2.05, 4.69) is 20.3 Å². The fraction of sp³-hybridized carbons (Fsp3) is 0.435. The van der Waals surface area contributed by atoms with E-state index in [1.807, 2.05) is 0 Å². The lowest BCUT2D eigenvalue weighted by Gasteiger charge is -2.18. The predicted octanol–water partition coefficient (Wildman–Crippen LogP) is 5.09. The van der Waals surface area contributed by atoms with E-state index in [-0.39, 0.29) is 5.69 Å². The molecule has 0 bridgehead atoms. The minimum absolute atomic E-state index is 0.247. The molecule has 2 aromatic heterocycles. The number of hydrogen-bond acceptors (Lipinski definition) is 7. The zero-order valence-electron chi connectivity index (χ0n) is 18.6. The van der Waals surface area contributed by atoms with Gasteiger partial charge in [-0.15, -0.1) is 0 Å². The number of pyridine rings is 1. The summed E-state index contributed by atoms with van der Waals surface area (Å²) in [4.78, 5) is 13.0. The van der Waals surface area contributed by atoms with Crippen molar-refractivity contribution in [2.75, 3.05) is 25.6 Å². The van der Waals surface area contributed by atoms with E-state index in [1.165, 1.54) is 0 Å². The Balaban J connectivity index is 1.61. The van der Waals surface area contributed by atoms with Gasteiger partial charge < -0.3 is 19.5 Å². The highest BCUT2D eigenvalue weighted by Crippen LogP contribution is 2.36. The second-order valence-electron chi connectivity index (χ2n) is 7.89. The summed E-state index contributed by atoms with van der Waals surface area (Å²) >= 11 is 0. The maximum absolute atomic E-state index is 13.1. The lowest BCUT2D eigenvalue weighted by Crippen LogP contribution is -2.13. The molecule has 0 unspecified atom stereocenters. The maximum atomic E-state index is 13.1. The van der Waals surface area contributed by atoms with E-state index >= 15 is 0 Å². The normalized spacial score (nSPS) is 14.8. The Morgan fingerprint density at radius 2 is 1.91 bits per heavy atom. The summed E-state index contributed by atoms with van der Waals surface area (Å²) in [5, 5.41) is 3.83. The first kappa shape index (κ1) is 23.0. The van der Waals surface area contributed by atoms with Crippen molar-refractivity contribution >= 4 is 16.7 Å². The van der Waals surface area contributed by atoms with Crippen molar-refractivity contribution in [3.63, 3.8) is 0 Å². The van der Waals surface area contributed by atoms with Gasteiger partial charge in [0.1, 0.15) is 18.2 Å². The summed E-state index contributed by atoms with van der Waals surface area (Å²) in [5.74, 6) is 1.99. The van der Waals surface area contributed by atoms with Gasteiger partial charge in [0.15, 0.2) is 11.5 Å². The number of halogens is 3. The first-order chi connectivity index (χ1) is 15.7. The van der Waals surface area contributed by atoms with Gasteiger partial charge in [0, 0.05) is 17.6 Å². The Morgan fingerprint density at radius 3 is 2.61 bits per heavy atom. The average Bonchev–Trinajstić information content (AvgIpc) is 3.60. The van der Waals surface area contributed by atoms with Gasteiger partial charge in [0.2, 0.25) is 0 Å². The number of aromatic nitrogens is 3. The van der Waals surface area contributed by atoms with Crippen LogP contribution in [-0.4, -0.2) is 41.4 Å². The molecule has 1 saturated carbocycles. The number of aryl methyl sites for hydroxylation is 1. The van der Waals surface area contributed by atoms with E-state index in [0.717, 1.165) is 31.2 Å². The third-order valence-corrected chi connectivity index (χ3v) is 5.22. The molecule has 0 saturated heterocycles. The molecule has 0 radical (unpaired) electrons. The molecule has 1 aliphatic rings. The minimum atomic E-state index is -4.44. The van der Waals surface area contributed by atoms with Gasteiger partial charge in [0.05, 0.1) is 42.6 Å². The van der Waals surface area contributed by atoms with Gasteiger partial charge in [-0.3, -0.25) is 4.98 Å². The largest absolute Gasteiger partial charge is 0.493 e. The SMILES string of the molecule is COc1cc2nc(C)nc(N[C@H](C)c3cc(C(F)(F)F)ccn3)c2cc1OCCOC1CC1. The lowest BCUT2D eigenvalue weighted by atomic mass is 10.1. The molecule has 0 amide bonds. The number of ether oxygens (including phenoxy) is 3. The maximum Gasteiger partial charge on any atom is 0.416 e. The van der Waals surface area contributed by atoms with Gasteiger partial charge in [-0.1, -0.05) is 0 Å². The number of nitrogens with zero attached hydrogens (tertiary/aromatic N) is 3. The molecule has 7 nitrogen and oxygen atoms in total. The number of rotatable bonds is 9. The van der Waals surface area contributed by atoms with Crippen molar-refractivity contribution in [3.05, 3.63) is 47.5 Å².